The number of benzene rings is 5. The zero-order valence-corrected chi connectivity index (χ0v) is 23.7. The minimum absolute atomic E-state index is 0.247. The number of rotatable bonds is 9. The van der Waals surface area contributed by atoms with Crippen LogP contribution in [0.15, 0.2) is 164 Å². The molecule has 41 heavy (non-hydrogen) atoms. The van der Waals surface area contributed by atoms with E-state index in [2.05, 4.69) is 42.5 Å². The Bertz CT molecular complexity index is 1460. The largest absolute Gasteiger partial charge is 0.371 e. The second-order valence-corrected chi connectivity index (χ2v) is 13.2. The van der Waals surface area contributed by atoms with Crippen molar-refractivity contribution in [2.45, 2.75) is 17.4 Å². The average Bonchev–Trinajstić information content (AvgIpc) is 3.07. The summed E-state index contributed by atoms with van der Waals surface area (Å²) in [6, 6.07) is 50.6. The van der Waals surface area contributed by atoms with Gasteiger partial charge in [-0.3, -0.25) is 0 Å². The zero-order valence-electron chi connectivity index (χ0n) is 22.8. The molecule has 0 aromatic heterocycles. The molecule has 6 rings (SSSR count). The lowest BCUT2D eigenvalue weighted by atomic mass is 9.80. The molecule has 0 saturated heterocycles. The lowest BCUT2D eigenvalue weighted by Crippen LogP contribution is -2.43. The van der Waals surface area contributed by atoms with Crippen molar-refractivity contribution in [3.05, 3.63) is 181 Å². The van der Waals surface area contributed by atoms with Crippen molar-refractivity contribution in [1.29, 1.82) is 0 Å². The van der Waals surface area contributed by atoms with Gasteiger partial charge in [0.25, 0.3) is 0 Å². The second kappa shape index (κ2) is 12.2. The van der Waals surface area contributed by atoms with Crippen LogP contribution < -0.4 is 10.6 Å². The molecular formula is C37H33O3P. The van der Waals surface area contributed by atoms with Crippen molar-refractivity contribution >= 4 is 17.8 Å². The second-order valence-electron chi connectivity index (χ2n) is 10.2. The quantitative estimate of drug-likeness (QED) is 0.108. The van der Waals surface area contributed by atoms with Gasteiger partial charge in [-0.15, -0.1) is 0 Å². The molecule has 0 amide bonds. The van der Waals surface area contributed by atoms with E-state index in [1.807, 2.05) is 121 Å². The Kier molecular flexibility index (Phi) is 8.11. The molecule has 0 bridgehead atoms. The van der Waals surface area contributed by atoms with Gasteiger partial charge in [0.1, 0.15) is 5.60 Å². The molecule has 3 nitrogen and oxygen atoms in total. The van der Waals surface area contributed by atoms with Crippen LogP contribution in [0.5, 0.6) is 0 Å². The minimum Gasteiger partial charge on any atom is -0.371 e. The summed E-state index contributed by atoms with van der Waals surface area (Å²) in [6.07, 6.45) is 3.63. The van der Waals surface area contributed by atoms with Crippen molar-refractivity contribution in [1.82, 2.24) is 0 Å². The summed E-state index contributed by atoms with van der Waals surface area (Å²) in [5.74, 6) is 0. The van der Waals surface area contributed by atoms with Crippen LogP contribution in [0.4, 0.5) is 0 Å². The minimum atomic E-state index is -3.15. The van der Waals surface area contributed by atoms with E-state index in [0.717, 1.165) is 27.3 Å². The van der Waals surface area contributed by atoms with Gasteiger partial charge in [-0.25, -0.2) is 0 Å². The van der Waals surface area contributed by atoms with Gasteiger partial charge < -0.3 is 14.0 Å². The van der Waals surface area contributed by atoms with E-state index in [4.69, 9.17) is 9.47 Å². The van der Waals surface area contributed by atoms with Gasteiger partial charge in [0.05, 0.1) is 25.0 Å². The molecule has 1 aliphatic heterocycles. The van der Waals surface area contributed by atoms with Gasteiger partial charge in [-0.05, 0) is 16.7 Å². The van der Waals surface area contributed by atoms with Crippen molar-refractivity contribution < 1.29 is 14.0 Å². The average molecular weight is 557 g/mol. The third-order valence-corrected chi connectivity index (χ3v) is 11.3. The summed E-state index contributed by atoms with van der Waals surface area (Å²) in [4.78, 5) is 0. The summed E-state index contributed by atoms with van der Waals surface area (Å²) in [5.41, 5.74) is 1.79. The SMILES string of the molecule is O=P(c1ccccc1)(c1ccccc1)[C@H]1C=CCO[C@@H]1COC(c1ccccc1)(c1ccccc1)c1ccccc1. The lowest BCUT2D eigenvalue weighted by molar-refractivity contribution is -0.0595. The van der Waals surface area contributed by atoms with E-state index in [1.165, 1.54) is 0 Å². The van der Waals surface area contributed by atoms with Crippen LogP contribution in [0.2, 0.25) is 0 Å². The highest BCUT2D eigenvalue weighted by molar-refractivity contribution is 7.79. The van der Waals surface area contributed by atoms with Crippen molar-refractivity contribution in [2.75, 3.05) is 13.2 Å². The molecule has 5 aromatic rings. The van der Waals surface area contributed by atoms with Crippen LogP contribution in [0.1, 0.15) is 16.7 Å². The fraction of sp³-hybridized carbons (Fsp3) is 0.135. The molecule has 0 N–H and O–H groups in total. The van der Waals surface area contributed by atoms with Crippen molar-refractivity contribution in [3.8, 4) is 0 Å². The predicted octanol–water partition coefficient (Wildman–Crippen LogP) is 7.33. The fourth-order valence-electron chi connectivity index (χ4n) is 5.87. The van der Waals surface area contributed by atoms with E-state index in [0.29, 0.717) is 6.61 Å². The highest BCUT2D eigenvalue weighted by Crippen LogP contribution is 2.52. The zero-order chi connectivity index (χ0) is 28.0. The van der Waals surface area contributed by atoms with Crippen LogP contribution >= 0.6 is 7.14 Å². The Labute approximate surface area is 242 Å². The first-order valence-corrected chi connectivity index (χ1v) is 15.8. The van der Waals surface area contributed by atoms with E-state index < -0.39 is 18.8 Å². The molecule has 0 saturated carbocycles. The number of ether oxygens (including phenoxy) is 2. The lowest BCUT2D eigenvalue weighted by Gasteiger charge is -2.40. The first kappa shape index (κ1) is 27.2. The Morgan fingerprint density at radius 1 is 0.610 bits per heavy atom. The van der Waals surface area contributed by atoms with Crippen LogP contribution in [-0.4, -0.2) is 25.0 Å². The highest BCUT2D eigenvalue weighted by Gasteiger charge is 2.44. The maximum absolute atomic E-state index is 15.3. The normalized spacial score (nSPS) is 17.3. The molecule has 1 aliphatic rings. The Morgan fingerprint density at radius 3 is 1.41 bits per heavy atom. The Balaban J connectivity index is 1.45. The molecule has 2 atom stereocenters. The monoisotopic (exact) mass is 556 g/mol. The van der Waals surface area contributed by atoms with Crippen LogP contribution in [0, 0.1) is 0 Å². The van der Waals surface area contributed by atoms with Crippen molar-refractivity contribution in [3.63, 3.8) is 0 Å². The molecule has 0 fully saturated rings. The van der Waals surface area contributed by atoms with Crippen LogP contribution in [0.3, 0.4) is 0 Å². The van der Waals surface area contributed by atoms with Gasteiger partial charge in [0.15, 0.2) is 7.14 Å². The number of hydrogen-bond donors (Lipinski definition) is 0. The smallest absolute Gasteiger partial charge is 0.152 e. The molecule has 4 heteroatoms. The summed E-state index contributed by atoms with van der Waals surface area (Å²) < 4.78 is 28.9. The first-order valence-electron chi connectivity index (χ1n) is 14.0. The fourth-order valence-corrected chi connectivity index (χ4v) is 9.09. The van der Waals surface area contributed by atoms with E-state index >= 15 is 4.57 Å². The molecule has 1 heterocycles. The van der Waals surface area contributed by atoms with Gasteiger partial charge in [-0.2, -0.15) is 0 Å². The van der Waals surface area contributed by atoms with E-state index in [9.17, 15) is 0 Å². The molecule has 0 spiro atoms. The Morgan fingerprint density at radius 2 is 1.00 bits per heavy atom. The first-order chi connectivity index (χ1) is 20.2. The molecule has 5 aromatic carbocycles. The molecule has 0 unspecified atom stereocenters. The van der Waals surface area contributed by atoms with E-state index in [-0.39, 0.29) is 12.3 Å². The van der Waals surface area contributed by atoms with Gasteiger partial charge in [0.2, 0.25) is 0 Å². The Hall–Kier alpha value is -4.01. The van der Waals surface area contributed by atoms with E-state index in [1.54, 1.807) is 0 Å². The van der Waals surface area contributed by atoms with Crippen LogP contribution in [0.25, 0.3) is 0 Å². The standard InChI is InChI=1S/C37H33O3P/c38-41(33-23-12-4-13-24-33,34-25-14-5-15-26-34)36-27-16-28-39-35(36)29-40-37(30-17-6-1-7-18-30,31-19-8-2-9-20-31)32-21-10-3-11-22-32/h1-27,35-36H,28-29H2/t35-,36+/m1/s1. The molecule has 0 radical (unpaired) electrons. The summed E-state index contributed by atoms with van der Waals surface area (Å²) in [5, 5.41) is 1.63. The van der Waals surface area contributed by atoms with Gasteiger partial charge in [0, 0.05) is 10.6 Å². The van der Waals surface area contributed by atoms with Gasteiger partial charge >= 0.3 is 0 Å². The molecule has 0 aliphatic carbocycles. The maximum Gasteiger partial charge on any atom is 0.152 e. The summed E-state index contributed by atoms with van der Waals surface area (Å²) in [6.45, 7) is 0.695. The predicted molar refractivity (Wildman–Crippen MR) is 168 cm³/mol. The van der Waals surface area contributed by atoms with Crippen molar-refractivity contribution in [2.24, 2.45) is 0 Å². The third kappa shape index (κ3) is 5.25. The summed E-state index contributed by atoms with van der Waals surface area (Å²) >= 11 is 0. The van der Waals surface area contributed by atoms with Gasteiger partial charge in [-0.1, -0.05) is 164 Å². The topological polar surface area (TPSA) is 35.5 Å². The molecular weight excluding hydrogens is 523 g/mol. The number of hydrogen-bond acceptors (Lipinski definition) is 3. The van der Waals surface area contributed by atoms with Crippen LogP contribution in [-0.2, 0) is 19.6 Å². The maximum atomic E-state index is 15.3. The highest BCUT2D eigenvalue weighted by atomic mass is 31.2. The third-order valence-electron chi connectivity index (χ3n) is 7.83. The summed E-state index contributed by atoms with van der Waals surface area (Å²) in [7, 11) is -3.15. The molecule has 204 valence electrons.